The predicted molar refractivity (Wildman–Crippen MR) is 105 cm³/mol. The van der Waals surface area contributed by atoms with Crippen LogP contribution in [0.2, 0.25) is 0 Å². The lowest BCUT2D eigenvalue weighted by Gasteiger charge is -2.39. The van der Waals surface area contributed by atoms with E-state index in [-0.39, 0.29) is 6.42 Å². The maximum atomic E-state index is 13.1. The molecule has 0 fully saturated rings. The van der Waals surface area contributed by atoms with Gasteiger partial charge in [-0.15, -0.1) is 6.58 Å². The number of allylic oxidation sites excluding steroid dienone is 1. The highest BCUT2D eigenvalue weighted by atomic mass is 16.6. The molecule has 0 radical (unpaired) electrons. The SMILES string of the molecule is C=CC[C@@](C(=O)OC)(C(=O)OC(C)(C)C)C(O)[C@H](C(=O)OC(C)(C)C)C(C)C. The Morgan fingerprint density at radius 2 is 1.43 bits per heavy atom. The van der Waals surface area contributed by atoms with Crippen LogP contribution in [-0.4, -0.2) is 47.4 Å². The molecule has 28 heavy (non-hydrogen) atoms. The molecule has 0 bridgehead atoms. The summed E-state index contributed by atoms with van der Waals surface area (Å²) in [5, 5.41) is 11.2. The van der Waals surface area contributed by atoms with E-state index < -0.39 is 52.5 Å². The highest BCUT2D eigenvalue weighted by Gasteiger charge is 2.59. The Kier molecular flexibility index (Phi) is 8.90. The first kappa shape index (κ1) is 26.1. The third kappa shape index (κ3) is 6.62. The molecule has 162 valence electrons. The van der Waals surface area contributed by atoms with Crippen molar-refractivity contribution in [1.29, 1.82) is 0 Å². The molecule has 0 aliphatic heterocycles. The average molecular weight is 401 g/mol. The van der Waals surface area contributed by atoms with Crippen molar-refractivity contribution >= 4 is 17.9 Å². The van der Waals surface area contributed by atoms with E-state index in [2.05, 4.69) is 6.58 Å². The van der Waals surface area contributed by atoms with E-state index in [1.54, 1.807) is 55.4 Å². The molecular formula is C21H36O7. The van der Waals surface area contributed by atoms with Crippen LogP contribution < -0.4 is 0 Å². The van der Waals surface area contributed by atoms with E-state index in [0.717, 1.165) is 7.11 Å². The predicted octanol–water partition coefficient (Wildman–Crippen LogP) is 3.04. The van der Waals surface area contributed by atoms with Gasteiger partial charge in [-0.05, 0) is 53.9 Å². The van der Waals surface area contributed by atoms with Crippen molar-refractivity contribution in [2.45, 2.75) is 79.1 Å². The fraction of sp³-hybridized carbons (Fsp3) is 0.762. The summed E-state index contributed by atoms with van der Waals surface area (Å²) in [6.45, 7) is 17.0. The monoisotopic (exact) mass is 400 g/mol. The lowest BCUT2D eigenvalue weighted by molar-refractivity contribution is -0.194. The second-order valence-corrected chi connectivity index (χ2v) is 9.21. The lowest BCUT2D eigenvalue weighted by Crippen LogP contribution is -2.57. The molecule has 0 aromatic heterocycles. The zero-order chi connectivity index (χ0) is 22.5. The van der Waals surface area contributed by atoms with Crippen LogP contribution in [0.1, 0.15) is 61.8 Å². The topological polar surface area (TPSA) is 99.1 Å². The number of methoxy groups -OCH3 is 1. The summed E-state index contributed by atoms with van der Waals surface area (Å²) in [5.74, 6) is -4.28. The van der Waals surface area contributed by atoms with Crippen molar-refractivity contribution in [3.63, 3.8) is 0 Å². The van der Waals surface area contributed by atoms with Gasteiger partial charge in [-0.25, -0.2) is 0 Å². The number of hydrogen-bond acceptors (Lipinski definition) is 7. The molecule has 0 aromatic carbocycles. The molecule has 0 heterocycles. The highest BCUT2D eigenvalue weighted by Crippen LogP contribution is 2.39. The van der Waals surface area contributed by atoms with Crippen LogP contribution >= 0.6 is 0 Å². The Labute approximate surface area is 168 Å². The Bertz CT molecular complexity index is 581. The third-order valence-corrected chi connectivity index (χ3v) is 4.02. The molecule has 0 spiro atoms. The van der Waals surface area contributed by atoms with Gasteiger partial charge >= 0.3 is 17.9 Å². The minimum atomic E-state index is -2.14. The highest BCUT2D eigenvalue weighted by molar-refractivity contribution is 6.02. The second-order valence-electron chi connectivity index (χ2n) is 9.21. The number of rotatable bonds is 8. The van der Waals surface area contributed by atoms with E-state index in [0.29, 0.717) is 0 Å². The third-order valence-electron chi connectivity index (χ3n) is 4.02. The first-order valence-electron chi connectivity index (χ1n) is 9.37. The number of aliphatic hydroxyl groups is 1. The Hall–Kier alpha value is -1.89. The fourth-order valence-corrected chi connectivity index (χ4v) is 2.83. The van der Waals surface area contributed by atoms with Gasteiger partial charge in [0.15, 0.2) is 5.41 Å². The first-order valence-corrected chi connectivity index (χ1v) is 9.37. The molecule has 0 saturated heterocycles. The maximum Gasteiger partial charge on any atom is 0.327 e. The Balaban J connectivity index is 6.42. The van der Waals surface area contributed by atoms with Crippen LogP contribution in [0.4, 0.5) is 0 Å². The molecule has 1 unspecified atom stereocenters. The summed E-state index contributed by atoms with van der Waals surface area (Å²) in [5.41, 5.74) is -3.87. The molecule has 0 aliphatic rings. The lowest BCUT2D eigenvalue weighted by atomic mass is 9.70. The molecule has 0 aliphatic carbocycles. The number of hydrogen-bond donors (Lipinski definition) is 1. The number of esters is 3. The van der Waals surface area contributed by atoms with E-state index in [4.69, 9.17) is 14.2 Å². The minimum Gasteiger partial charge on any atom is -0.468 e. The van der Waals surface area contributed by atoms with E-state index in [9.17, 15) is 19.5 Å². The number of carbonyl (C=O) groups excluding carboxylic acids is 3. The van der Waals surface area contributed by atoms with Crippen LogP contribution in [0, 0.1) is 17.3 Å². The van der Waals surface area contributed by atoms with E-state index in [1.807, 2.05) is 0 Å². The normalized spacial score (nSPS) is 16.5. The van der Waals surface area contributed by atoms with Crippen LogP contribution in [0.5, 0.6) is 0 Å². The number of carbonyl (C=O) groups is 3. The minimum absolute atomic E-state index is 0.262. The fourth-order valence-electron chi connectivity index (χ4n) is 2.83. The summed E-state index contributed by atoms with van der Waals surface area (Å²) in [6.07, 6.45) is -0.680. The molecule has 0 aromatic rings. The van der Waals surface area contributed by atoms with Gasteiger partial charge in [0.1, 0.15) is 11.2 Å². The Morgan fingerprint density at radius 3 is 1.75 bits per heavy atom. The summed E-state index contributed by atoms with van der Waals surface area (Å²) in [4.78, 5) is 38.6. The maximum absolute atomic E-state index is 13.1. The smallest absolute Gasteiger partial charge is 0.327 e. The van der Waals surface area contributed by atoms with Crippen molar-refractivity contribution in [2.24, 2.45) is 17.3 Å². The zero-order valence-electron chi connectivity index (χ0n) is 18.6. The average Bonchev–Trinajstić information content (AvgIpc) is 2.47. The molecule has 7 heteroatoms. The Morgan fingerprint density at radius 1 is 0.964 bits per heavy atom. The van der Waals surface area contributed by atoms with Gasteiger partial charge in [-0.1, -0.05) is 19.9 Å². The van der Waals surface area contributed by atoms with E-state index in [1.165, 1.54) is 6.08 Å². The molecule has 0 amide bonds. The van der Waals surface area contributed by atoms with Gasteiger partial charge in [-0.3, -0.25) is 14.4 Å². The summed E-state index contributed by atoms with van der Waals surface area (Å²) in [7, 11) is 1.11. The molecule has 0 rings (SSSR count). The van der Waals surface area contributed by atoms with Crippen molar-refractivity contribution in [2.75, 3.05) is 7.11 Å². The van der Waals surface area contributed by atoms with Gasteiger partial charge in [0, 0.05) is 0 Å². The van der Waals surface area contributed by atoms with Gasteiger partial charge in [0.25, 0.3) is 0 Å². The summed E-state index contributed by atoms with van der Waals surface area (Å²) < 4.78 is 15.7. The quantitative estimate of drug-likeness (QED) is 0.289. The van der Waals surface area contributed by atoms with Gasteiger partial charge in [0.05, 0.1) is 19.1 Å². The first-order chi connectivity index (χ1) is 12.5. The number of aliphatic hydroxyl groups excluding tert-OH is 1. The van der Waals surface area contributed by atoms with Gasteiger partial charge in [0.2, 0.25) is 0 Å². The van der Waals surface area contributed by atoms with Gasteiger partial charge in [-0.2, -0.15) is 0 Å². The molecule has 7 nitrogen and oxygen atoms in total. The standard InChI is InChI=1S/C21H36O7/c1-11-12-21(17(24)26-10,18(25)28-20(7,8)9)15(22)14(13(2)3)16(23)27-19(4,5)6/h11,13-15,22H,1,12H2,2-10H3/t14-,15?,21-/m1/s1. The van der Waals surface area contributed by atoms with Crippen molar-refractivity contribution in [3.05, 3.63) is 12.7 Å². The van der Waals surface area contributed by atoms with Crippen LogP contribution in [0.25, 0.3) is 0 Å². The van der Waals surface area contributed by atoms with Crippen LogP contribution in [0.3, 0.4) is 0 Å². The van der Waals surface area contributed by atoms with Crippen LogP contribution in [-0.2, 0) is 28.6 Å². The van der Waals surface area contributed by atoms with Crippen molar-refractivity contribution in [1.82, 2.24) is 0 Å². The molecule has 1 N–H and O–H groups in total. The second kappa shape index (κ2) is 9.54. The van der Waals surface area contributed by atoms with Gasteiger partial charge < -0.3 is 19.3 Å². The summed E-state index contributed by atoms with van der Waals surface area (Å²) >= 11 is 0. The van der Waals surface area contributed by atoms with Crippen molar-refractivity contribution in [3.8, 4) is 0 Å². The van der Waals surface area contributed by atoms with Crippen LogP contribution in [0.15, 0.2) is 12.7 Å². The largest absolute Gasteiger partial charge is 0.468 e. The van der Waals surface area contributed by atoms with Crippen molar-refractivity contribution < 1.29 is 33.7 Å². The number of ether oxygens (including phenoxy) is 3. The molecular weight excluding hydrogens is 364 g/mol. The van der Waals surface area contributed by atoms with E-state index >= 15 is 0 Å². The molecule has 3 atom stereocenters. The summed E-state index contributed by atoms with van der Waals surface area (Å²) in [6, 6.07) is 0. The molecule has 0 saturated carbocycles. The zero-order valence-corrected chi connectivity index (χ0v) is 18.6.